The minimum Gasteiger partial charge on any atom is -0.481 e. The number of benzene rings is 2. The highest BCUT2D eigenvalue weighted by atomic mass is 19.4. The van der Waals surface area contributed by atoms with Crippen molar-refractivity contribution >= 4 is 11.9 Å². The molecule has 2 aromatic carbocycles. The van der Waals surface area contributed by atoms with Gasteiger partial charge in [0, 0.05) is 24.4 Å². The van der Waals surface area contributed by atoms with Crippen molar-refractivity contribution in [2.75, 3.05) is 19.6 Å². The van der Waals surface area contributed by atoms with E-state index in [1.165, 1.54) is 25.1 Å². The van der Waals surface area contributed by atoms with Crippen LogP contribution in [0.2, 0.25) is 0 Å². The highest BCUT2D eigenvalue weighted by Crippen LogP contribution is 2.46. The number of hydrogen-bond donors (Lipinski definition) is 2. The number of hydrogen-bond acceptors (Lipinski definition) is 4. The number of carbonyl (C=O) groups is 2. The standard InChI is InChI=1S/C37H42F5N3O4/c1-20(2)12-31(45-19-24(8-11-44-9-5-10-44)29(17-32(45)46)37(40,41)42)36(49)43-30(18-33(47)48)28-15-25(13-22(4)35(28)39)34-21(3)14-26(38)16-27(34)23-6-7-23/h13-17,19-20,23,30-31H,5-12,18H2,1-4H3,(H,43,49)(H,47,48)/t30-,31?/m0/s1. The first kappa shape index (κ1) is 36.2. The summed E-state index contributed by atoms with van der Waals surface area (Å²) in [6.07, 6.45) is -1.64. The van der Waals surface area contributed by atoms with Crippen molar-refractivity contribution in [3.05, 3.63) is 91.9 Å². The Bertz CT molecular complexity index is 1790. The number of carboxylic acid groups (broad SMARTS) is 1. The van der Waals surface area contributed by atoms with Crippen LogP contribution in [-0.4, -0.2) is 46.1 Å². The van der Waals surface area contributed by atoms with E-state index in [2.05, 4.69) is 5.32 Å². The van der Waals surface area contributed by atoms with Crippen molar-refractivity contribution in [3.8, 4) is 11.1 Å². The highest BCUT2D eigenvalue weighted by Gasteiger charge is 2.36. The molecule has 12 heteroatoms. The topological polar surface area (TPSA) is 91.6 Å². The summed E-state index contributed by atoms with van der Waals surface area (Å²) in [5.74, 6) is -3.33. The fourth-order valence-corrected chi connectivity index (χ4v) is 6.73. The minimum atomic E-state index is -4.78. The summed E-state index contributed by atoms with van der Waals surface area (Å²) in [5, 5.41) is 12.5. The first-order chi connectivity index (χ1) is 23.0. The van der Waals surface area contributed by atoms with Crippen molar-refractivity contribution in [2.24, 2.45) is 5.92 Å². The van der Waals surface area contributed by atoms with Gasteiger partial charge >= 0.3 is 12.1 Å². The van der Waals surface area contributed by atoms with Crippen molar-refractivity contribution in [1.82, 2.24) is 14.8 Å². The van der Waals surface area contributed by atoms with Crippen LogP contribution in [0, 0.1) is 31.4 Å². The van der Waals surface area contributed by atoms with Crippen LogP contribution < -0.4 is 10.9 Å². The molecule has 1 aliphatic heterocycles. The van der Waals surface area contributed by atoms with Crippen LogP contribution in [0.15, 0.2) is 41.3 Å². The van der Waals surface area contributed by atoms with Crippen LogP contribution in [0.3, 0.4) is 0 Å². The van der Waals surface area contributed by atoms with E-state index in [-0.39, 0.29) is 41.4 Å². The predicted molar refractivity (Wildman–Crippen MR) is 175 cm³/mol. The van der Waals surface area contributed by atoms with E-state index in [4.69, 9.17) is 0 Å². The zero-order valence-corrected chi connectivity index (χ0v) is 28.1. The van der Waals surface area contributed by atoms with Gasteiger partial charge in [0.05, 0.1) is 18.0 Å². The van der Waals surface area contributed by atoms with Gasteiger partial charge < -0.3 is 19.9 Å². The average molecular weight is 688 g/mol. The van der Waals surface area contributed by atoms with Gasteiger partial charge in [-0.05, 0) is 129 Å². The number of likely N-dealkylation sites (tertiary alicyclic amines) is 1. The van der Waals surface area contributed by atoms with Gasteiger partial charge in [-0.15, -0.1) is 0 Å². The molecule has 2 atom stereocenters. The molecular weight excluding hydrogens is 645 g/mol. The molecule has 0 radical (unpaired) electrons. The van der Waals surface area contributed by atoms with Gasteiger partial charge in [-0.3, -0.25) is 14.4 Å². The van der Waals surface area contributed by atoms with Crippen LogP contribution in [0.25, 0.3) is 11.1 Å². The Morgan fingerprint density at radius 2 is 1.71 bits per heavy atom. The molecule has 49 heavy (non-hydrogen) atoms. The molecule has 3 aromatic rings. The Labute approximate surface area is 282 Å². The van der Waals surface area contributed by atoms with Crippen LogP contribution in [0.4, 0.5) is 22.0 Å². The van der Waals surface area contributed by atoms with E-state index in [0.29, 0.717) is 29.3 Å². The fourth-order valence-electron chi connectivity index (χ4n) is 6.73. The molecular formula is C37H42F5N3O4. The number of aromatic nitrogens is 1. The summed E-state index contributed by atoms with van der Waals surface area (Å²) in [6.45, 7) is 8.72. The normalized spacial score (nSPS) is 16.4. The van der Waals surface area contributed by atoms with Crippen LogP contribution in [0.5, 0.6) is 0 Å². The summed E-state index contributed by atoms with van der Waals surface area (Å²) in [6, 6.07) is 3.74. The summed E-state index contributed by atoms with van der Waals surface area (Å²) in [7, 11) is 0. The van der Waals surface area contributed by atoms with Crippen LogP contribution in [0.1, 0.15) is 97.3 Å². The van der Waals surface area contributed by atoms with Gasteiger partial charge in [-0.25, -0.2) is 8.78 Å². The molecule has 1 saturated heterocycles. The molecule has 1 amide bonds. The molecule has 2 heterocycles. The molecule has 1 unspecified atom stereocenters. The molecule has 0 spiro atoms. The smallest absolute Gasteiger partial charge is 0.416 e. The minimum absolute atomic E-state index is 0.00963. The zero-order valence-electron chi connectivity index (χ0n) is 28.1. The summed E-state index contributed by atoms with van der Waals surface area (Å²) in [5.41, 5.74) is 0.533. The van der Waals surface area contributed by atoms with Gasteiger partial charge in [0.2, 0.25) is 5.91 Å². The number of alkyl halides is 3. The molecule has 5 rings (SSSR count). The third-order valence-corrected chi connectivity index (χ3v) is 9.44. The van der Waals surface area contributed by atoms with E-state index in [9.17, 15) is 37.1 Å². The van der Waals surface area contributed by atoms with Gasteiger partial charge in [-0.2, -0.15) is 13.2 Å². The van der Waals surface area contributed by atoms with Crippen molar-refractivity contribution in [3.63, 3.8) is 0 Å². The van der Waals surface area contributed by atoms with Crippen molar-refractivity contribution in [2.45, 2.75) is 90.4 Å². The molecule has 2 fully saturated rings. The third kappa shape index (κ3) is 8.40. The Morgan fingerprint density at radius 1 is 1.02 bits per heavy atom. The average Bonchev–Trinajstić information content (AvgIpc) is 3.81. The van der Waals surface area contributed by atoms with Crippen LogP contribution >= 0.6 is 0 Å². The quantitative estimate of drug-likeness (QED) is 0.182. The maximum atomic E-state index is 15.9. The summed E-state index contributed by atoms with van der Waals surface area (Å²) in [4.78, 5) is 41.4. The fraction of sp³-hybridized carbons (Fsp3) is 0.486. The lowest BCUT2D eigenvalue weighted by Gasteiger charge is -2.31. The first-order valence-electron chi connectivity index (χ1n) is 16.7. The molecule has 1 saturated carbocycles. The zero-order chi connectivity index (χ0) is 35.8. The van der Waals surface area contributed by atoms with E-state index in [0.717, 1.165) is 48.7 Å². The Morgan fingerprint density at radius 3 is 2.29 bits per heavy atom. The number of aryl methyl sites for hydroxylation is 2. The molecule has 0 bridgehead atoms. The second-order valence-electron chi connectivity index (χ2n) is 13.9. The van der Waals surface area contributed by atoms with Crippen molar-refractivity contribution in [1.29, 1.82) is 0 Å². The van der Waals surface area contributed by atoms with Gasteiger partial charge in [0.1, 0.15) is 17.7 Å². The number of amides is 1. The lowest BCUT2D eigenvalue weighted by molar-refractivity contribution is -0.139. The lowest BCUT2D eigenvalue weighted by Crippen LogP contribution is -2.41. The first-order valence-corrected chi connectivity index (χ1v) is 16.7. The number of rotatable bonds is 13. The lowest BCUT2D eigenvalue weighted by atomic mass is 9.88. The Balaban J connectivity index is 1.55. The number of aliphatic carboxylic acids is 1. The second-order valence-corrected chi connectivity index (χ2v) is 13.9. The SMILES string of the molecule is Cc1cc(-c2c(C)cc(F)cc2C2CC2)cc([C@H](CC(=O)O)NC(=O)C(CC(C)C)n2cc(CCN3CCC3)c(C(F)(F)F)cc2=O)c1F. The van der Waals surface area contributed by atoms with Crippen LogP contribution in [-0.2, 0) is 22.2 Å². The van der Waals surface area contributed by atoms with E-state index < -0.39 is 59.3 Å². The maximum absolute atomic E-state index is 15.9. The van der Waals surface area contributed by atoms with Gasteiger partial charge in [0.15, 0.2) is 0 Å². The molecule has 1 aromatic heterocycles. The molecule has 2 N–H and O–H groups in total. The van der Waals surface area contributed by atoms with E-state index in [1.54, 1.807) is 26.8 Å². The molecule has 7 nitrogen and oxygen atoms in total. The monoisotopic (exact) mass is 687 g/mol. The number of carbonyl (C=O) groups excluding carboxylic acids is 1. The number of nitrogens with one attached hydrogen (secondary N) is 1. The van der Waals surface area contributed by atoms with E-state index in [1.807, 2.05) is 4.90 Å². The number of carboxylic acids is 1. The molecule has 264 valence electrons. The van der Waals surface area contributed by atoms with Gasteiger partial charge in [0.25, 0.3) is 5.56 Å². The predicted octanol–water partition coefficient (Wildman–Crippen LogP) is 7.47. The molecule has 1 aliphatic carbocycles. The van der Waals surface area contributed by atoms with Crippen molar-refractivity contribution < 1.29 is 36.6 Å². The molecule has 2 aliphatic rings. The van der Waals surface area contributed by atoms with E-state index >= 15 is 4.39 Å². The third-order valence-electron chi connectivity index (χ3n) is 9.44. The highest BCUT2D eigenvalue weighted by molar-refractivity contribution is 5.82. The Kier molecular flexibility index (Phi) is 10.7. The largest absolute Gasteiger partial charge is 0.481 e. The van der Waals surface area contributed by atoms with Gasteiger partial charge in [-0.1, -0.05) is 13.8 Å². The maximum Gasteiger partial charge on any atom is 0.416 e. The Hall–Kier alpha value is -4.06. The number of pyridine rings is 1. The summed E-state index contributed by atoms with van der Waals surface area (Å²) < 4.78 is 73.4. The summed E-state index contributed by atoms with van der Waals surface area (Å²) >= 11 is 0. The number of halogens is 5. The second kappa shape index (κ2) is 14.4. The number of nitrogens with zero attached hydrogens (tertiary/aromatic N) is 2.